The van der Waals surface area contributed by atoms with Crippen molar-refractivity contribution < 1.29 is 4.74 Å². The Morgan fingerprint density at radius 2 is 2.29 bits per heavy atom. The summed E-state index contributed by atoms with van der Waals surface area (Å²) in [6, 6.07) is 7.96. The largest absolute Gasteiger partial charge is 0.494 e. The fourth-order valence-electron chi connectivity index (χ4n) is 1.05. The number of hydrogen-bond acceptors (Lipinski definition) is 2. The Bertz CT molecular complexity index is 265. The van der Waals surface area contributed by atoms with E-state index in [-0.39, 0.29) is 0 Å². The first-order chi connectivity index (χ1) is 6.83. The van der Waals surface area contributed by atoms with Crippen molar-refractivity contribution in [1.82, 2.24) is 0 Å². The van der Waals surface area contributed by atoms with E-state index >= 15 is 0 Å². The van der Waals surface area contributed by atoms with Gasteiger partial charge in [-0.3, -0.25) is 0 Å². The van der Waals surface area contributed by atoms with E-state index in [0.29, 0.717) is 0 Å². The minimum Gasteiger partial charge on any atom is -0.494 e. The highest BCUT2D eigenvalue weighted by Gasteiger charge is 1.94. The Labute approximate surface area is 98.4 Å². The number of halogens is 1. The van der Waals surface area contributed by atoms with Gasteiger partial charge in [-0.15, -0.1) is 0 Å². The van der Waals surface area contributed by atoms with E-state index in [4.69, 9.17) is 4.74 Å². The van der Waals surface area contributed by atoms with Gasteiger partial charge in [-0.25, -0.2) is 0 Å². The van der Waals surface area contributed by atoms with Crippen LogP contribution in [0.2, 0.25) is 0 Å². The molecule has 1 aromatic rings. The van der Waals surface area contributed by atoms with Crippen LogP contribution in [-0.4, -0.2) is 18.1 Å². The summed E-state index contributed by atoms with van der Waals surface area (Å²) in [6.45, 7) is 2.99. The second-order valence-electron chi connectivity index (χ2n) is 2.86. The van der Waals surface area contributed by atoms with Crippen LogP contribution in [0.15, 0.2) is 28.7 Å². The lowest BCUT2D eigenvalue weighted by Gasteiger charge is -2.05. The summed E-state index contributed by atoms with van der Waals surface area (Å²) in [5.74, 6) is 3.32. The van der Waals surface area contributed by atoms with Crippen LogP contribution in [0.25, 0.3) is 0 Å². The van der Waals surface area contributed by atoms with Gasteiger partial charge in [-0.05, 0) is 36.1 Å². The molecular weight excluding hydrogens is 260 g/mol. The van der Waals surface area contributed by atoms with E-state index in [1.165, 1.54) is 11.5 Å². The standard InChI is InChI=1S/C11H15BrOS/c1-2-14-8-4-7-13-11-6-3-5-10(12)9-11/h3,5-6,9H,2,4,7-8H2,1H3. The molecule has 14 heavy (non-hydrogen) atoms. The van der Waals surface area contributed by atoms with Gasteiger partial charge in [0.05, 0.1) is 6.61 Å². The Kier molecular flexibility index (Phi) is 6.12. The first-order valence-electron chi connectivity index (χ1n) is 4.79. The number of hydrogen-bond donors (Lipinski definition) is 0. The Balaban J connectivity index is 2.18. The van der Waals surface area contributed by atoms with Gasteiger partial charge in [-0.1, -0.05) is 28.9 Å². The van der Waals surface area contributed by atoms with Gasteiger partial charge in [0.1, 0.15) is 5.75 Å². The van der Waals surface area contributed by atoms with Crippen LogP contribution < -0.4 is 4.74 Å². The van der Waals surface area contributed by atoms with Gasteiger partial charge >= 0.3 is 0 Å². The van der Waals surface area contributed by atoms with E-state index in [2.05, 4.69) is 22.9 Å². The van der Waals surface area contributed by atoms with Gasteiger partial charge in [0.25, 0.3) is 0 Å². The monoisotopic (exact) mass is 274 g/mol. The molecule has 0 saturated carbocycles. The van der Waals surface area contributed by atoms with Crippen LogP contribution in [0.1, 0.15) is 13.3 Å². The van der Waals surface area contributed by atoms with Crippen molar-refractivity contribution in [2.24, 2.45) is 0 Å². The zero-order valence-corrected chi connectivity index (χ0v) is 10.7. The maximum absolute atomic E-state index is 5.59. The lowest BCUT2D eigenvalue weighted by Crippen LogP contribution is -1.98. The molecule has 0 bridgehead atoms. The fourth-order valence-corrected chi connectivity index (χ4v) is 2.04. The third kappa shape index (κ3) is 4.91. The molecule has 0 N–H and O–H groups in total. The molecule has 0 saturated heterocycles. The van der Waals surface area contributed by atoms with Crippen LogP contribution in [0.4, 0.5) is 0 Å². The number of thioether (sulfide) groups is 1. The smallest absolute Gasteiger partial charge is 0.120 e. The summed E-state index contributed by atoms with van der Waals surface area (Å²) >= 11 is 5.37. The maximum Gasteiger partial charge on any atom is 0.120 e. The second-order valence-corrected chi connectivity index (χ2v) is 5.17. The molecular formula is C11H15BrOS. The summed E-state index contributed by atoms with van der Waals surface area (Å²) in [5, 5.41) is 0. The molecule has 1 rings (SSSR count). The molecule has 0 aromatic heterocycles. The molecule has 1 nitrogen and oxygen atoms in total. The molecule has 0 aliphatic rings. The van der Waals surface area contributed by atoms with E-state index in [1.807, 2.05) is 36.0 Å². The predicted molar refractivity (Wildman–Crippen MR) is 67.3 cm³/mol. The van der Waals surface area contributed by atoms with Crippen LogP contribution in [0, 0.1) is 0 Å². The van der Waals surface area contributed by atoms with Crippen molar-refractivity contribution in [3.63, 3.8) is 0 Å². The average Bonchev–Trinajstić information content (AvgIpc) is 2.18. The van der Waals surface area contributed by atoms with Crippen molar-refractivity contribution >= 4 is 27.7 Å². The van der Waals surface area contributed by atoms with Crippen molar-refractivity contribution in [3.8, 4) is 5.75 Å². The number of rotatable bonds is 6. The van der Waals surface area contributed by atoms with Crippen LogP contribution in [-0.2, 0) is 0 Å². The number of ether oxygens (including phenoxy) is 1. The lowest BCUT2D eigenvalue weighted by molar-refractivity contribution is 0.318. The zero-order valence-electron chi connectivity index (χ0n) is 8.33. The quantitative estimate of drug-likeness (QED) is 0.726. The molecule has 78 valence electrons. The SMILES string of the molecule is CCSCCCOc1cccc(Br)c1. The van der Waals surface area contributed by atoms with Crippen molar-refractivity contribution in [1.29, 1.82) is 0 Å². The molecule has 0 amide bonds. The minimum absolute atomic E-state index is 0.809. The van der Waals surface area contributed by atoms with Gasteiger partial charge in [0.15, 0.2) is 0 Å². The molecule has 3 heteroatoms. The summed E-state index contributed by atoms with van der Waals surface area (Å²) in [4.78, 5) is 0. The third-order valence-corrected chi connectivity index (χ3v) is 3.18. The van der Waals surface area contributed by atoms with Gasteiger partial charge in [0.2, 0.25) is 0 Å². The molecule has 0 heterocycles. The van der Waals surface area contributed by atoms with Crippen LogP contribution in [0.5, 0.6) is 5.75 Å². The topological polar surface area (TPSA) is 9.23 Å². The second kappa shape index (κ2) is 7.18. The lowest BCUT2D eigenvalue weighted by atomic mass is 10.3. The van der Waals surface area contributed by atoms with Crippen LogP contribution >= 0.6 is 27.7 Å². The minimum atomic E-state index is 0.809. The molecule has 0 radical (unpaired) electrons. The first kappa shape index (κ1) is 11.9. The van der Waals surface area contributed by atoms with Gasteiger partial charge < -0.3 is 4.74 Å². The highest BCUT2D eigenvalue weighted by Crippen LogP contribution is 2.17. The molecule has 0 aliphatic carbocycles. The van der Waals surface area contributed by atoms with Crippen molar-refractivity contribution in [2.45, 2.75) is 13.3 Å². The van der Waals surface area contributed by atoms with Crippen LogP contribution in [0.3, 0.4) is 0 Å². The molecule has 0 spiro atoms. The molecule has 0 atom stereocenters. The fraction of sp³-hybridized carbons (Fsp3) is 0.455. The van der Waals surface area contributed by atoms with Crippen molar-refractivity contribution in [3.05, 3.63) is 28.7 Å². The van der Waals surface area contributed by atoms with E-state index in [0.717, 1.165) is 23.2 Å². The Morgan fingerprint density at radius 3 is 3.00 bits per heavy atom. The van der Waals surface area contributed by atoms with Gasteiger partial charge in [-0.2, -0.15) is 11.8 Å². The number of benzene rings is 1. The van der Waals surface area contributed by atoms with Gasteiger partial charge in [0, 0.05) is 4.47 Å². The van der Waals surface area contributed by atoms with E-state index < -0.39 is 0 Å². The molecule has 0 unspecified atom stereocenters. The predicted octanol–water partition coefficient (Wildman–Crippen LogP) is 3.97. The summed E-state index contributed by atoms with van der Waals surface area (Å²) < 4.78 is 6.66. The highest BCUT2D eigenvalue weighted by atomic mass is 79.9. The average molecular weight is 275 g/mol. The molecule has 1 aromatic carbocycles. The summed E-state index contributed by atoms with van der Waals surface area (Å²) in [7, 11) is 0. The Hall–Kier alpha value is -0.150. The maximum atomic E-state index is 5.59. The summed E-state index contributed by atoms with van der Waals surface area (Å²) in [5.41, 5.74) is 0. The normalized spacial score (nSPS) is 10.1. The zero-order chi connectivity index (χ0) is 10.2. The van der Waals surface area contributed by atoms with E-state index in [1.54, 1.807) is 0 Å². The summed E-state index contributed by atoms with van der Waals surface area (Å²) in [6.07, 6.45) is 1.12. The van der Waals surface area contributed by atoms with Crippen molar-refractivity contribution in [2.75, 3.05) is 18.1 Å². The molecule has 0 aliphatic heterocycles. The van der Waals surface area contributed by atoms with E-state index in [9.17, 15) is 0 Å². The molecule has 0 fully saturated rings. The third-order valence-electron chi connectivity index (χ3n) is 1.70. The highest BCUT2D eigenvalue weighted by molar-refractivity contribution is 9.10. The first-order valence-corrected chi connectivity index (χ1v) is 6.74. The Morgan fingerprint density at radius 1 is 1.43 bits per heavy atom.